The van der Waals surface area contributed by atoms with E-state index in [0.29, 0.717) is 12.4 Å². The lowest BCUT2D eigenvalue weighted by molar-refractivity contribution is 0.469. The fraction of sp³-hybridized carbons (Fsp3) is 0.103. The van der Waals surface area contributed by atoms with Gasteiger partial charge in [-0.2, -0.15) is 0 Å². The first-order chi connectivity index (χ1) is 17.8. The summed E-state index contributed by atoms with van der Waals surface area (Å²) < 4.78 is 13.9. The molecular formula is C29H25FN6O. The summed E-state index contributed by atoms with van der Waals surface area (Å²) in [4.78, 5) is 13.4. The number of aromatic hydroxyl groups is 1. The smallest absolute Gasteiger partial charge is 0.141 e. The van der Waals surface area contributed by atoms with E-state index < -0.39 is 5.82 Å². The van der Waals surface area contributed by atoms with Crippen LogP contribution in [-0.4, -0.2) is 25.8 Å². The van der Waals surface area contributed by atoms with E-state index in [9.17, 15) is 9.50 Å². The Labute approximate surface area is 213 Å². The molecule has 2 aromatic heterocycles. The Morgan fingerprint density at radius 3 is 2.57 bits per heavy atom. The Balaban J connectivity index is 1.57. The number of nitrogens with zero attached hydrogens (tertiary/aromatic N) is 3. The van der Waals surface area contributed by atoms with Crippen LogP contribution in [0.3, 0.4) is 0 Å². The van der Waals surface area contributed by atoms with Crippen molar-refractivity contribution >= 4 is 28.3 Å². The molecule has 0 radical (unpaired) electrons. The summed E-state index contributed by atoms with van der Waals surface area (Å²) in [5.41, 5.74) is 12.3. The topological polar surface area (TPSA) is 121 Å². The second kappa shape index (κ2) is 9.66. The molecular weight excluding hydrogens is 467 g/mol. The van der Waals surface area contributed by atoms with Crippen LogP contribution in [0.25, 0.3) is 22.2 Å². The van der Waals surface area contributed by atoms with Gasteiger partial charge in [-0.15, -0.1) is 0 Å². The van der Waals surface area contributed by atoms with Crippen LogP contribution in [0.5, 0.6) is 5.75 Å². The largest absolute Gasteiger partial charge is 0.508 e. The Hall–Kier alpha value is -4.85. The summed E-state index contributed by atoms with van der Waals surface area (Å²) in [5, 5.41) is 22.8. The fourth-order valence-corrected chi connectivity index (χ4v) is 4.42. The second-order valence-corrected chi connectivity index (χ2v) is 8.87. The zero-order valence-electron chi connectivity index (χ0n) is 20.4. The summed E-state index contributed by atoms with van der Waals surface area (Å²) >= 11 is 0. The number of benzene rings is 3. The molecule has 0 aliphatic heterocycles. The summed E-state index contributed by atoms with van der Waals surface area (Å²) in [6.07, 6.45) is 1.31. The third-order valence-electron chi connectivity index (χ3n) is 6.27. The molecule has 0 aliphatic rings. The zero-order chi connectivity index (χ0) is 26.1. The van der Waals surface area contributed by atoms with Gasteiger partial charge < -0.3 is 16.2 Å². The van der Waals surface area contributed by atoms with Gasteiger partial charge in [0.25, 0.3) is 0 Å². The molecule has 184 valence electrons. The molecule has 0 atom stereocenters. The van der Waals surface area contributed by atoms with Crippen LogP contribution in [0.4, 0.5) is 16.0 Å². The van der Waals surface area contributed by atoms with Crippen molar-refractivity contribution in [2.24, 2.45) is 0 Å². The minimum Gasteiger partial charge on any atom is -0.508 e. The minimum atomic E-state index is -0.662. The van der Waals surface area contributed by atoms with Crippen molar-refractivity contribution in [2.75, 3.05) is 11.1 Å². The third-order valence-corrected chi connectivity index (χ3v) is 6.27. The highest BCUT2D eigenvalue weighted by Crippen LogP contribution is 2.31. The highest BCUT2D eigenvalue weighted by Gasteiger charge is 2.19. The molecule has 0 fully saturated rings. The van der Waals surface area contributed by atoms with E-state index >= 15 is 0 Å². The van der Waals surface area contributed by atoms with Crippen LogP contribution in [-0.2, 0) is 6.54 Å². The molecule has 7 nitrogen and oxygen atoms in total. The van der Waals surface area contributed by atoms with Gasteiger partial charge in [-0.25, -0.2) is 19.3 Å². The summed E-state index contributed by atoms with van der Waals surface area (Å²) in [6, 6.07) is 19.7. The number of aryl methyl sites for hydroxylation is 2. The predicted molar refractivity (Wildman–Crippen MR) is 144 cm³/mol. The molecule has 5 aromatic rings. The Bertz CT molecular complexity index is 1650. The maximum Gasteiger partial charge on any atom is 0.141 e. The quantitative estimate of drug-likeness (QED) is 0.224. The molecule has 37 heavy (non-hydrogen) atoms. The molecule has 0 spiro atoms. The van der Waals surface area contributed by atoms with Gasteiger partial charge in [-0.3, -0.25) is 5.41 Å². The third kappa shape index (κ3) is 4.69. The van der Waals surface area contributed by atoms with Crippen molar-refractivity contribution in [1.29, 1.82) is 5.41 Å². The van der Waals surface area contributed by atoms with Crippen molar-refractivity contribution in [1.82, 2.24) is 15.0 Å². The van der Waals surface area contributed by atoms with E-state index in [1.54, 1.807) is 0 Å². The number of phenols is 1. The first kappa shape index (κ1) is 23.9. The van der Waals surface area contributed by atoms with Crippen LogP contribution in [0.1, 0.15) is 27.8 Å². The molecule has 0 unspecified atom stereocenters. The van der Waals surface area contributed by atoms with Gasteiger partial charge in [0.1, 0.15) is 29.5 Å². The molecule has 8 heteroatoms. The highest BCUT2D eigenvalue weighted by atomic mass is 19.1. The maximum absolute atomic E-state index is 13.9. The highest BCUT2D eigenvalue weighted by molar-refractivity contribution is 6.16. The van der Waals surface area contributed by atoms with E-state index in [2.05, 4.69) is 34.3 Å². The number of phenolic OH excluding ortho intramolecular Hbond substituents is 1. The zero-order valence-corrected chi connectivity index (χ0v) is 20.4. The standard InChI is InChI=1S/C29H25FN6O/c1-16-6-3-4-9-23(16)27-20(10-18-8-5-7-17(2)26(18)36-27)14-33-29-24(28(32)34-15-35-29)25(31)19-11-21(30)13-22(37)12-19/h3-13,15,31,37H,14H2,1-2H3,(H3,32,33,34,35). The number of para-hydroxylation sites is 1. The number of halogens is 1. The van der Waals surface area contributed by atoms with Crippen molar-refractivity contribution < 1.29 is 9.50 Å². The minimum absolute atomic E-state index is 0.0673. The van der Waals surface area contributed by atoms with Crippen molar-refractivity contribution in [3.63, 3.8) is 0 Å². The number of nitrogen functional groups attached to an aromatic ring is 1. The molecule has 0 amide bonds. The van der Waals surface area contributed by atoms with E-state index in [0.717, 1.165) is 51.0 Å². The van der Waals surface area contributed by atoms with Crippen LogP contribution in [0.15, 0.2) is 73.1 Å². The van der Waals surface area contributed by atoms with Gasteiger partial charge in [0, 0.05) is 29.1 Å². The van der Waals surface area contributed by atoms with E-state index in [1.807, 2.05) is 43.3 Å². The van der Waals surface area contributed by atoms with Crippen LogP contribution >= 0.6 is 0 Å². The molecule has 5 rings (SSSR count). The normalized spacial score (nSPS) is 11.0. The van der Waals surface area contributed by atoms with Gasteiger partial charge in [0.2, 0.25) is 0 Å². The number of aromatic nitrogens is 3. The first-order valence-electron chi connectivity index (χ1n) is 11.7. The molecule has 0 aliphatic carbocycles. The molecule has 2 heterocycles. The number of nitrogens with one attached hydrogen (secondary N) is 2. The van der Waals surface area contributed by atoms with Crippen molar-refractivity contribution in [3.05, 3.63) is 107 Å². The summed E-state index contributed by atoms with van der Waals surface area (Å²) in [5.74, 6) is -0.561. The Morgan fingerprint density at radius 2 is 1.78 bits per heavy atom. The molecule has 5 N–H and O–H groups in total. The number of hydrogen-bond acceptors (Lipinski definition) is 7. The maximum atomic E-state index is 13.9. The van der Waals surface area contributed by atoms with E-state index in [1.165, 1.54) is 12.4 Å². The van der Waals surface area contributed by atoms with Gasteiger partial charge in [-0.1, -0.05) is 42.5 Å². The number of pyridine rings is 1. The lowest BCUT2D eigenvalue weighted by Gasteiger charge is -2.17. The average molecular weight is 493 g/mol. The molecule has 0 saturated heterocycles. The number of hydrogen-bond donors (Lipinski definition) is 4. The Morgan fingerprint density at radius 1 is 1.00 bits per heavy atom. The van der Waals surface area contributed by atoms with Crippen LogP contribution in [0.2, 0.25) is 0 Å². The van der Waals surface area contributed by atoms with Gasteiger partial charge in [0.15, 0.2) is 0 Å². The molecule has 0 bridgehead atoms. The van der Waals surface area contributed by atoms with E-state index in [-0.39, 0.29) is 28.4 Å². The van der Waals surface area contributed by atoms with E-state index in [4.69, 9.17) is 16.1 Å². The first-order valence-corrected chi connectivity index (χ1v) is 11.7. The molecule has 0 saturated carbocycles. The number of fused-ring (bicyclic) bond motifs is 1. The van der Waals surface area contributed by atoms with Crippen LogP contribution in [0, 0.1) is 25.1 Å². The number of rotatable bonds is 6. The lowest BCUT2D eigenvalue weighted by Crippen LogP contribution is -2.14. The van der Waals surface area contributed by atoms with Crippen molar-refractivity contribution in [2.45, 2.75) is 20.4 Å². The van der Waals surface area contributed by atoms with Gasteiger partial charge in [-0.05, 0) is 48.7 Å². The fourth-order valence-electron chi connectivity index (χ4n) is 4.42. The Kier molecular flexibility index (Phi) is 6.23. The van der Waals surface area contributed by atoms with Gasteiger partial charge in [0.05, 0.1) is 22.5 Å². The summed E-state index contributed by atoms with van der Waals surface area (Å²) in [7, 11) is 0. The van der Waals surface area contributed by atoms with Crippen molar-refractivity contribution in [3.8, 4) is 17.0 Å². The number of nitrogens with two attached hydrogens (primary N) is 1. The predicted octanol–water partition coefficient (Wildman–Crippen LogP) is 5.76. The second-order valence-electron chi connectivity index (χ2n) is 8.87. The van der Waals surface area contributed by atoms with Gasteiger partial charge >= 0.3 is 0 Å². The SMILES string of the molecule is Cc1ccccc1-c1nc2c(C)cccc2cc1CNc1ncnc(N)c1C(=N)c1cc(O)cc(F)c1. The summed E-state index contributed by atoms with van der Waals surface area (Å²) in [6.45, 7) is 4.43. The number of anilines is 2. The molecule has 3 aromatic carbocycles. The lowest BCUT2D eigenvalue weighted by atomic mass is 9.98. The van der Waals surface area contributed by atoms with Crippen LogP contribution < -0.4 is 11.1 Å². The monoisotopic (exact) mass is 492 g/mol. The average Bonchev–Trinajstić information content (AvgIpc) is 2.87.